The molecule has 1 saturated carbocycles. The number of hydrogen-bond donors (Lipinski definition) is 2. The van der Waals surface area contributed by atoms with Gasteiger partial charge in [0.15, 0.2) is 0 Å². The first kappa shape index (κ1) is 34.5. The molecule has 1 fully saturated rings. The zero-order valence-corrected chi connectivity index (χ0v) is 29.7. The van der Waals surface area contributed by atoms with Crippen LogP contribution in [-0.2, 0) is 28.3 Å². The number of sulfonamides is 1. The van der Waals surface area contributed by atoms with Gasteiger partial charge in [-0.05, 0) is 113 Å². The molecule has 1 aliphatic heterocycles. The summed E-state index contributed by atoms with van der Waals surface area (Å²) in [7, 11) is -3.82. The van der Waals surface area contributed by atoms with Crippen LogP contribution < -0.4 is 14.4 Å². The molecule has 2 heterocycles. The number of aryl methyl sites for hydroxylation is 2. The number of ether oxygens (including phenoxy) is 1. The van der Waals surface area contributed by atoms with Crippen LogP contribution in [-0.4, -0.2) is 55.1 Å². The maximum atomic E-state index is 13.3. The van der Waals surface area contributed by atoms with E-state index >= 15 is 0 Å². The number of rotatable bonds is 10. The standard InChI is InChI=1S/C37H46ClN3O6S/c1-5-6-16-37(43,20-30-17-25(4)47-39-30)32-12-9-28(32)21-41-22-36(15-7-8-26-18-29(38)11-13-31(26)36)23-46-34-14-10-27(19-33(34)41)35(42)40-48(44,45)24(2)3/h6,10-11,13-14,16-19,24,28,32,43H,5,7-9,12,15,20-23H2,1-4H3,(H,40,42)/b16-6+/t28-,32+,36-,37-/m0/s1. The van der Waals surface area contributed by atoms with Crippen LogP contribution in [0.15, 0.2) is 59.1 Å². The summed E-state index contributed by atoms with van der Waals surface area (Å²) in [6.45, 7) is 8.70. The summed E-state index contributed by atoms with van der Waals surface area (Å²) in [6, 6.07) is 13.2. The van der Waals surface area contributed by atoms with Crippen LogP contribution in [0.1, 0.15) is 85.8 Å². The van der Waals surface area contributed by atoms with Crippen molar-refractivity contribution in [3.05, 3.63) is 87.8 Å². The summed E-state index contributed by atoms with van der Waals surface area (Å²) in [4.78, 5) is 15.6. The van der Waals surface area contributed by atoms with E-state index in [9.17, 15) is 18.3 Å². The van der Waals surface area contributed by atoms with Crippen LogP contribution in [0.4, 0.5) is 5.69 Å². The molecule has 0 bridgehead atoms. The maximum Gasteiger partial charge on any atom is 0.264 e. The average Bonchev–Trinajstić information content (AvgIpc) is 3.36. The first-order valence-electron chi connectivity index (χ1n) is 17.0. The Morgan fingerprint density at radius 1 is 1.23 bits per heavy atom. The summed E-state index contributed by atoms with van der Waals surface area (Å²) in [5.74, 6) is 0.789. The second-order valence-electron chi connectivity index (χ2n) is 14.2. The minimum atomic E-state index is -3.82. The summed E-state index contributed by atoms with van der Waals surface area (Å²) in [6.07, 6.45) is 9.78. The molecular weight excluding hydrogens is 650 g/mol. The molecule has 9 nitrogen and oxygen atoms in total. The lowest BCUT2D eigenvalue weighted by molar-refractivity contribution is -0.0455. The predicted molar refractivity (Wildman–Crippen MR) is 187 cm³/mol. The molecule has 3 aliphatic rings. The van der Waals surface area contributed by atoms with Crippen molar-refractivity contribution in [3.63, 3.8) is 0 Å². The number of anilines is 1. The number of amides is 1. The SMILES string of the molecule is CC/C=C/[C@](O)(Cc1cc(C)on1)[C@@H]1CC[C@H]1CN1C[C@@]2(CCCc3cc(Cl)ccc32)COc2ccc(C(=O)NS(=O)(=O)C(C)C)cc21. The number of fused-ring (bicyclic) bond motifs is 3. The van der Waals surface area contributed by atoms with Crippen LogP contribution in [0.25, 0.3) is 0 Å². The van der Waals surface area contributed by atoms with E-state index < -0.39 is 26.8 Å². The molecule has 0 radical (unpaired) electrons. The number of carbonyl (C=O) groups excluding carboxylic acids is 1. The lowest BCUT2D eigenvalue weighted by Crippen LogP contribution is -2.53. The number of halogens is 1. The van der Waals surface area contributed by atoms with Gasteiger partial charge in [-0.1, -0.05) is 41.9 Å². The molecule has 11 heteroatoms. The second kappa shape index (κ2) is 13.5. The monoisotopic (exact) mass is 695 g/mol. The lowest BCUT2D eigenvalue weighted by Gasteiger charge is -2.49. The highest BCUT2D eigenvalue weighted by Crippen LogP contribution is 2.48. The number of allylic oxidation sites excluding steroid dienone is 1. The van der Waals surface area contributed by atoms with Gasteiger partial charge in [0.2, 0.25) is 10.0 Å². The fourth-order valence-corrected chi connectivity index (χ4v) is 8.52. The quantitative estimate of drug-likeness (QED) is 0.229. The van der Waals surface area contributed by atoms with Gasteiger partial charge in [-0.15, -0.1) is 0 Å². The van der Waals surface area contributed by atoms with Crippen molar-refractivity contribution in [3.8, 4) is 5.75 Å². The first-order chi connectivity index (χ1) is 22.8. The number of aromatic nitrogens is 1. The Morgan fingerprint density at radius 2 is 2.04 bits per heavy atom. The molecule has 2 N–H and O–H groups in total. The molecule has 2 aliphatic carbocycles. The van der Waals surface area contributed by atoms with E-state index in [-0.39, 0.29) is 22.8 Å². The van der Waals surface area contributed by atoms with Crippen molar-refractivity contribution in [2.75, 3.05) is 24.6 Å². The molecule has 0 saturated heterocycles. The molecule has 4 atom stereocenters. The van der Waals surface area contributed by atoms with Gasteiger partial charge in [0.25, 0.3) is 5.91 Å². The maximum absolute atomic E-state index is 13.3. The largest absolute Gasteiger partial charge is 0.490 e. The number of benzene rings is 2. The first-order valence-corrected chi connectivity index (χ1v) is 18.9. The van der Waals surface area contributed by atoms with Crippen molar-refractivity contribution in [1.29, 1.82) is 0 Å². The molecule has 1 amide bonds. The predicted octanol–water partition coefficient (Wildman–Crippen LogP) is 6.54. The highest BCUT2D eigenvalue weighted by Gasteiger charge is 2.48. The van der Waals surface area contributed by atoms with Crippen molar-refractivity contribution >= 4 is 33.2 Å². The third kappa shape index (κ3) is 6.89. The van der Waals surface area contributed by atoms with Gasteiger partial charge < -0.3 is 19.3 Å². The lowest BCUT2D eigenvalue weighted by atomic mass is 9.63. The Labute approximate surface area is 288 Å². The Balaban J connectivity index is 1.37. The van der Waals surface area contributed by atoms with E-state index in [1.807, 2.05) is 31.2 Å². The van der Waals surface area contributed by atoms with Gasteiger partial charge in [-0.3, -0.25) is 4.79 Å². The van der Waals surface area contributed by atoms with Gasteiger partial charge >= 0.3 is 0 Å². The Hall–Kier alpha value is -3.34. The summed E-state index contributed by atoms with van der Waals surface area (Å²) < 4.78 is 39.3. The number of carbonyl (C=O) groups is 1. The van der Waals surface area contributed by atoms with Crippen molar-refractivity contribution in [1.82, 2.24) is 9.88 Å². The minimum Gasteiger partial charge on any atom is -0.490 e. The van der Waals surface area contributed by atoms with Crippen LogP contribution in [0, 0.1) is 18.8 Å². The topological polar surface area (TPSA) is 122 Å². The molecule has 2 aromatic carbocycles. The number of aliphatic hydroxyl groups is 1. The van der Waals surface area contributed by atoms with E-state index in [0.29, 0.717) is 42.6 Å². The van der Waals surface area contributed by atoms with Crippen LogP contribution >= 0.6 is 11.6 Å². The number of hydrogen-bond acceptors (Lipinski definition) is 8. The van der Waals surface area contributed by atoms with Crippen LogP contribution in [0.5, 0.6) is 5.75 Å². The molecule has 6 rings (SSSR count). The van der Waals surface area contributed by atoms with Gasteiger partial charge in [-0.25, -0.2) is 13.1 Å². The minimum absolute atomic E-state index is 0.0269. The average molecular weight is 696 g/mol. The molecular formula is C37H46ClN3O6S. The summed E-state index contributed by atoms with van der Waals surface area (Å²) in [5.41, 5.74) is 2.73. The van der Waals surface area contributed by atoms with E-state index in [2.05, 4.69) is 33.8 Å². The Kier molecular flexibility index (Phi) is 9.72. The van der Waals surface area contributed by atoms with E-state index in [1.54, 1.807) is 18.2 Å². The van der Waals surface area contributed by atoms with Crippen molar-refractivity contribution < 1.29 is 27.6 Å². The highest BCUT2D eigenvalue weighted by atomic mass is 35.5. The number of nitrogens with one attached hydrogen (secondary N) is 1. The summed E-state index contributed by atoms with van der Waals surface area (Å²) in [5, 5.41) is 16.4. The van der Waals surface area contributed by atoms with Crippen molar-refractivity contribution in [2.24, 2.45) is 11.8 Å². The molecule has 258 valence electrons. The van der Waals surface area contributed by atoms with E-state index in [1.165, 1.54) is 25.0 Å². The smallest absolute Gasteiger partial charge is 0.264 e. The molecule has 48 heavy (non-hydrogen) atoms. The zero-order valence-electron chi connectivity index (χ0n) is 28.2. The van der Waals surface area contributed by atoms with Gasteiger partial charge in [0, 0.05) is 41.6 Å². The fraction of sp³-hybridized carbons (Fsp3) is 0.514. The van der Waals surface area contributed by atoms with Gasteiger partial charge in [0.05, 0.1) is 28.8 Å². The van der Waals surface area contributed by atoms with Gasteiger partial charge in [0.1, 0.15) is 11.5 Å². The molecule has 1 aromatic heterocycles. The second-order valence-corrected chi connectivity index (χ2v) is 16.8. The number of nitrogens with zero attached hydrogens (tertiary/aromatic N) is 2. The third-order valence-electron chi connectivity index (χ3n) is 10.5. The van der Waals surface area contributed by atoms with E-state index in [0.717, 1.165) is 49.9 Å². The zero-order chi connectivity index (χ0) is 34.3. The fourth-order valence-electron chi connectivity index (χ4n) is 7.72. The van der Waals surface area contributed by atoms with Crippen molar-refractivity contribution in [2.45, 2.75) is 88.9 Å². The Morgan fingerprint density at radius 3 is 2.73 bits per heavy atom. The molecule has 3 aromatic rings. The molecule has 0 unspecified atom stereocenters. The summed E-state index contributed by atoms with van der Waals surface area (Å²) >= 11 is 6.44. The molecule has 1 spiro atoms. The Bertz CT molecular complexity index is 1810. The van der Waals surface area contributed by atoms with Gasteiger partial charge in [-0.2, -0.15) is 0 Å². The normalized spacial score (nSPS) is 23.6. The third-order valence-corrected chi connectivity index (χ3v) is 12.4. The highest BCUT2D eigenvalue weighted by molar-refractivity contribution is 7.90. The van der Waals surface area contributed by atoms with Crippen LogP contribution in [0.3, 0.4) is 0 Å². The van der Waals surface area contributed by atoms with E-state index in [4.69, 9.17) is 20.9 Å². The van der Waals surface area contributed by atoms with Crippen LogP contribution in [0.2, 0.25) is 5.02 Å².